The first kappa shape index (κ1) is 25.2. The predicted molar refractivity (Wildman–Crippen MR) is 138 cm³/mol. The molecule has 7 nitrogen and oxygen atoms in total. The molecule has 1 fully saturated rings. The van der Waals surface area contributed by atoms with E-state index in [0.717, 1.165) is 11.1 Å². The van der Waals surface area contributed by atoms with Crippen molar-refractivity contribution >= 4 is 52.1 Å². The van der Waals surface area contributed by atoms with Gasteiger partial charge in [-0.15, -0.1) is 0 Å². The average molecular weight is 496 g/mol. The summed E-state index contributed by atoms with van der Waals surface area (Å²) in [6.45, 7) is 2.25. The summed E-state index contributed by atoms with van der Waals surface area (Å²) in [5.41, 5.74) is 7.06. The Morgan fingerprint density at radius 2 is 1.79 bits per heavy atom. The van der Waals surface area contributed by atoms with Crippen LogP contribution in [-0.2, 0) is 9.59 Å². The molecule has 3 rings (SSSR count). The van der Waals surface area contributed by atoms with Crippen molar-refractivity contribution in [2.75, 3.05) is 13.7 Å². The Kier molecular flexibility index (Phi) is 9.00. The minimum atomic E-state index is -0.480. The van der Waals surface area contributed by atoms with Crippen molar-refractivity contribution < 1.29 is 19.1 Å². The number of benzene rings is 2. The summed E-state index contributed by atoms with van der Waals surface area (Å²) < 4.78 is 5.61. The van der Waals surface area contributed by atoms with Gasteiger partial charge in [-0.3, -0.25) is 30.1 Å². The minimum Gasteiger partial charge on any atom is -0.496 e. The number of hydrogen-bond donors (Lipinski definition) is 2. The first-order chi connectivity index (χ1) is 16.4. The molecule has 0 unspecified atom stereocenters. The van der Waals surface area contributed by atoms with E-state index < -0.39 is 5.91 Å². The Bertz CT molecular complexity index is 1150. The van der Waals surface area contributed by atoms with Crippen molar-refractivity contribution in [2.24, 2.45) is 0 Å². The van der Waals surface area contributed by atoms with Crippen LogP contribution < -0.4 is 15.6 Å². The molecule has 2 aromatic carbocycles. The van der Waals surface area contributed by atoms with Gasteiger partial charge < -0.3 is 4.74 Å². The summed E-state index contributed by atoms with van der Waals surface area (Å²) in [6, 6.07) is 16.6. The summed E-state index contributed by atoms with van der Waals surface area (Å²) in [6.07, 6.45) is 4.34. The van der Waals surface area contributed by atoms with Crippen molar-refractivity contribution in [1.29, 1.82) is 0 Å². The van der Waals surface area contributed by atoms with Crippen molar-refractivity contribution in [3.63, 3.8) is 0 Å². The Balaban J connectivity index is 1.47. The van der Waals surface area contributed by atoms with Crippen LogP contribution in [0.2, 0.25) is 0 Å². The molecule has 0 atom stereocenters. The second kappa shape index (κ2) is 12.2. The third-order valence-electron chi connectivity index (χ3n) is 4.88. The van der Waals surface area contributed by atoms with Gasteiger partial charge in [0.1, 0.15) is 10.1 Å². The molecule has 0 radical (unpaired) electrons. The van der Waals surface area contributed by atoms with E-state index in [9.17, 15) is 14.4 Å². The number of amides is 3. The van der Waals surface area contributed by atoms with Gasteiger partial charge in [0, 0.05) is 13.0 Å². The minimum absolute atomic E-state index is 0.120. The second-order valence-corrected chi connectivity index (χ2v) is 9.11. The van der Waals surface area contributed by atoms with E-state index in [0.29, 0.717) is 33.5 Å². The number of rotatable bonds is 8. The summed E-state index contributed by atoms with van der Waals surface area (Å²) in [7, 11) is 1.47. The third-order valence-corrected chi connectivity index (χ3v) is 6.26. The molecule has 2 aromatic rings. The molecule has 2 N–H and O–H groups in total. The number of carbonyl (C=O) groups excluding carboxylic acids is 3. The zero-order chi connectivity index (χ0) is 24.5. The first-order valence-corrected chi connectivity index (χ1v) is 11.8. The summed E-state index contributed by atoms with van der Waals surface area (Å²) in [4.78, 5) is 39.2. The van der Waals surface area contributed by atoms with Crippen LogP contribution in [0, 0.1) is 0 Å². The molecule has 1 heterocycles. The molecule has 1 aliphatic heterocycles. The maximum absolute atomic E-state index is 12.8. The smallest absolute Gasteiger partial charge is 0.273 e. The number of para-hydroxylation sites is 1. The predicted octanol–water partition coefficient (Wildman–Crippen LogP) is 4.08. The van der Waals surface area contributed by atoms with Gasteiger partial charge in [-0.05, 0) is 42.7 Å². The Morgan fingerprint density at radius 3 is 2.53 bits per heavy atom. The quantitative estimate of drug-likeness (QED) is 0.326. The largest absolute Gasteiger partial charge is 0.496 e. The summed E-state index contributed by atoms with van der Waals surface area (Å²) in [5.74, 6) is -0.608. The summed E-state index contributed by atoms with van der Waals surface area (Å²) >= 11 is 6.61. The van der Waals surface area contributed by atoms with Crippen LogP contribution in [0.1, 0.15) is 35.7 Å². The normalized spacial score (nSPS) is 14.9. The van der Waals surface area contributed by atoms with Crippen molar-refractivity contribution in [3.05, 3.63) is 82.3 Å². The van der Waals surface area contributed by atoms with E-state index in [4.69, 9.17) is 17.0 Å². The lowest BCUT2D eigenvalue weighted by Gasteiger charge is -2.14. The van der Waals surface area contributed by atoms with Gasteiger partial charge in [0.15, 0.2) is 0 Å². The number of hydrazine groups is 1. The van der Waals surface area contributed by atoms with E-state index in [1.165, 1.54) is 23.8 Å². The fraction of sp³-hybridized carbons (Fsp3) is 0.200. The molecule has 0 spiro atoms. The number of thiocarbonyl (C=S) groups is 1. The van der Waals surface area contributed by atoms with Crippen molar-refractivity contribution in [3.8, 4) is 5.75 Å². The lowest BCUT2D eigenvalue weighted by molar-refractivity contribution is -0.124. The molecule has 0 aliphatic carbocycles. The van der Waals surface area contributed by atoms with E-state index >= 15 is 0 Å². The molecular formula is C25H25N3O4S2. The molecular weight excluding hydrogens is 470 g/mol. The van der Waals surface area contributed by atoms with Crippen LogP contribution in [0.4, 0.5) is 0 Å². The number of allylic oxidation sites excluding steroid dienone is 2. The lowest BCUT2D eigenvalue weighted by atomic mass is 10.1. The van der Waals surface area contributed by atoms with Crippen molar-refractivity contribution in [1.82, 2.24) is 15.8 Å². The Labute approximate surface area is 208 Å². The molecule has 3 amide bonds. The van der Waals surface area contributed by atoms with Crippen LogP contribution in [-0.4, -0.2) is 40.6 Å². The molecule has 34 heavy (non-hydrogen) atoms. The third kappa shape index (κ3) is 6.79. The van der Waals surface area contributed by atoms with E-state index in [-0.39, 0.29) is 18.2 Å². The number of thioether (sulfide) groups is 1. The average Bonchev–Trinajstić information content (AvgIpc) is 3.10. The van der Waals surface area contributed by atoms with Crippen LogP contribution in [0.5, 0.6) is 5.75 Å². The Morgan fingerprint density at radius 1 is 1.09 bits per heavy atom. The SMILES string of the molecule is COc1ccccc1C(=O)NNC(=O)CCCN1C(=O)C(=CC(C)=Cc2ccccc2)SC1=S. The highest BCUT2D eigenvalue weighted by Gasteiger charge is 2.31. The zero-order valence-electron chi connectivity index (χ0n) is 18.9. The Hall–Kier alpha value is -3.43. The lowest BCUT2D eigenvalue weighted by Crippen LogP contribution is -2.42. The van der Waals surface area contributed by atoms with Gasteiger partial charge in [0.25, 0.3) is 11.8 Å². The fourth-order valence-electron chi connectivity index (χ4n) is 3.24. The number of nitrogens with one attached hydrogen (secondary N) is 2. The molecule has 0 aromatic heterocycles. The molecule has 176 valence electrons. The number of hydrogen-bond acceptors (Lipinski definition) is 6. The summed E-state index contributed by atoms with van der Waals surface area (Å²) in [5, 5.41) is 0. The molecule has 0 saturated carbocycles. The van der Waals surface area contributed by atoms with Crippen LogP contribution in [0.15, 0.2) is 71.2 Å². The first-order valence-electron chi connectivity index (χ1n) is 10.6. The number of carbonyl (C=O) groups is 3. The highest BCUT2D eigenvalue weighted by Crippen LogP contribution is 2.32. The van der Waals surface area contributed by atoms with Crippen LogP contribution >= 0.6 is 24.0 Å². The number of ether oxygens (including phenoxy) is 1. The van der Waals surface area contributed by atoms with E-state index in [1.54, 1.807) is 24.3 Å². The monoisotopic (exact) mass is 495 g/mol. The van der Waals surface area contributed by atoms with E-state index in [1.807, 2.05) is 49.4 Å². The van der Waals surface area contributed by atoms with Gasteiger partial charge in [-0.2, -0.15) is 0 Å². The fourth-order valence-corrected chi connectivity index (χ4v) is 4.60. The second-order valence-electron chi connectivity index (χ2n) is 7.44. The van der Waals surface area contributed by atoms with Gasteiger partial charge in [-0.25, -0.2) is 0 Å². The maximum atomic E-state index is 12.8. The standard InChI is InChI=1S/C25H25N3O4S2/c1-17(15-18-9-4-3-5-10-18)16-21-24(31)28(25(33)34-21)14-8-13-22(29)26-27-23(30)19-11-6-7-12-20(19)32-2/h3-7,9-12,15-16H,8,13-14H2,1-2H3,(H,26,29)(H,27,30). The highest BCUT2D eigenvalue weighted by atomic mass is 32.2. The van der Waals surface area contributed by atoms with Crippen LogP contribution in [0.3, 0.4) is 0 Å². The number of nitrogens with zero attached hydrogens (tertiary/aromatic N) is 1. The highest BCUT2D eigenvalue weighted by molar-refractivity contribution is 8.26. The van der Waals surface area contributed by atoms with Gasteiger partial charge >= 0.3 is 0 Å². The van der Waals surface area contributed by atoms with Gasteiger partial charge in [0.2, 0.25) is 5.91 Å². The topological polar surface area (TPSA) is 87.7 Å². The van der Waals surface area contributed by atoms with E-state index in [2.05, 4.69) is 10.9 Å². The number of methoxy groups -OCH3 is 1. The molecule has 0 bridgehead atoms. The van der Waals surface area contributed by atoms with Gasteiger partial charge in [-0.1, -0.05) is 72.5 Å². The molecule has 1 saturated heterocycles. The van der Waals surface area contributed by atoms with Crippen LogP contribution in [0.25, 0.3) is 6.08 Å². The van der Waals surface area contributed by atoms with Gasteiger partial charge in [0.05, 0.1) is 17.6 Å². The molecule has 9 heteroatoms. The van der Waals surface area contributed by atoms with Crippen molar-refractivity contribution in [2.45, 2.75) is 19.8 Å². The zero-order valence-corrected chi connectivity index (χ0v) is 20.5. The molecule has 1 aliphatic rings. The maximum Gasteiger partial charge on any atom is 0.273 e.